The van der Waals surface area contributed by atoms with Crippen molar-refractivity contribution < 1.29 is 13.6 Å². The molecule has 104 valence electrons. The fraction of sp³-hybridized carbons (Fsp3) is 0.533. The lowest BCUT2D eigenvalue weighted by atomic mass is 9.76. The van der Waals surface area contributed by atoms with Gasteiger partial charge in [0.2, 0.25) is 0 Å². The van der Waals surface area contributed by atoms with Gasteiger partial charge in [-0.05, 0) is 53.2 Å². The van der Waals surface area contributed by atoms with E-state index in [1.165, 1.54) is 12.1 Å². The molecule has 2 unspecified atom stereocenters. The van der Waals surface area contributed by atoms with Crippen LogP contribution in [0.5, 0.6) is 0 Å². The Balaban J connectivity index is 2.20. The first-order chi connectivity index (χ1) is 9.02. The monoisotopic (exact) mass is 330 g/mol. The number of carbonyl (C=O) groups excluding carboxylic acids is 1. The van der Waals surface area contributed by atoms with E-state index in [9.17, 15) is 13.6 Å². The second-order valence-electron chi connectivity index (χ2n) is 5.24. The predicted octanol–water partition coefficient (Wildman–Crippen LogP) is 4.67. The van der Waals surface area contributed by atoms with Gasteiger partial charge in [0, 0.05) is 17.9 Å². The van der Waals surface area contributed by atoms with Crippen LogP contribution in [0.4, 0.5) is 8.78 Å². The standard InChI is InChI=1S/C15H17BrF2O/c1-2-9-3-6-14(19)10(7-9)8-11-13(17)5-4-12(16)15(11)18/h4-5,9-10H,2-3,6-8H2,1H3. The molecule has 0 bridgehead atoms. The van der Waals surface area contributed by atoms with Crippen molar-refractivity contribution in [3.63, 3.8) is 0 Å². The number of ketones is 1. The Morgan fingerprint density at radius 2 is 2.11 bits per heavy atom. The maximum absolute atomic E-state index is 13.9. The summed E-state index contributed by atoms with van der Waals surface area (Å²) in [4.78, 5) is 11.9. The topological polar surface area (TPSA) is 17.1 Å². The van der Waals surface area contributed by atoms with Gasteiger partial charge in [0.05, 0.1) is 4.47 Å². The third-order valence-electron chi connectivity index (χ3n) is 4.04. The second-order valence-corrected chi connectivity index (χ2v) is 6.09. The first kappa shape index (κ1) is 14.6. The van der Waals surface area contributed by atoms with Crippen LogP contribution in [0.15, 0.2) is 16.6 Å². The molecule has 0 aromatic heterocycles. The molecule has 0 saturated heterocycles. The van der Waals surface area contributed by atoms with Crippen LogP contribution in [0.2, 0.25) is 0 Å². The van der Waals surface area contributed by atoms with Crippen LogP contribution >= 0.6 is 15.9 Å². The fourth-order valence-electron chi connectivity index (χ4n) is 2.77. The van der Waals surface area contributed by atoms with Gasteiger partial charge in [-0.2, -0.15) is 0 Å². The Labute approximate surface area is 120 Å². The fourth-order valence-corrected chi connectivity index (χ4v) is 3.14. The van der Waals surface area contributed by atoms with Crippen molar-refractivity contribution in [3.05, 3.63) is 33.8 Å². The maximum Gasteiger partial charge on any atom is 0.143 e. The number of Topliss-reactive ketones (excluding diaryl/α,β-unsaturated/α-hetero) is 1. The van der Waals surface area contributed by atoms with Gasteiger partial charge < -0.3 is 0 Å². The summed E-state index contributed by atoms with van der Waals surface area (Å²) in [6.07, 6.45) is 3.40. The first-order valence-corrected chi connectivity index (χ1v) is 7.47. The molecule has 19 heavy (non-hydrogen) atoms. The number of carbonyl (C=O) groups is 1. The molecule has 0 amide bonds. The van der Waals surface area contributed by atoms with E-state index in [-0.39, 0.29) is 28.2 Å². The first-order valence-electron chi connectivity index (χ1n) is 6.68. The third-order valence-corrected chi connectivity index (χ3v) is 4.65. The Kier molecular flexibility index (Phi) is 4.71. The average molecular weight is 331 g/mol. The lowest BCUT2D eigenvalue weighted by molar-refractivity contribution is -0.125. The van der Waals surface area contributed by atoms with Gasteiger partial charge in [0.1, 0.15) is 17.4 Å². The zero-order valence-corrected chi connectivity index (χ0v) is 12.5. The summed E-state index contributed by atoms with van der Waals surface area (Å²) in [6.45, 7) is 2.10. The van der Waals surface area contributed by atoms with Crippen molar-refractivity contribution in [1.82, 2.24) is 0 Å². The van der Waals surface area contributed by atoms with Crippen LogP contribution in [0.25, 0.3) is 0 Å². The van der Waals surface area contributed by atoms with Gasteiger partial charge in [-0.25, -0.2) is 8.78 Å². The van der Waals surface area contributed by atoms with E-state index in [0.717, 1.165) is 19.3 Å². The molecule has 0 aliphatic heterocycles. The molecule has 2 atom stereocenters. The highest BCUT2D eigenvalue weighted by molar-refractivity contribution is 9.10. The molecule has 1 saturated carbocycles. The van der Waals surface area contributed by atoms with Crippen molar-refractivity contribution in [1.29, 1.82) is 0 Å². The van der Waals surface area contributed by atoms with E-state index in [1.807, 2.05) is 0 Å². The summed E-state index contributed by atoms with van der Waals surface area (Å²) < 4.78 is 27.9. The van der Waals surface area contributed by atoms with Crippen LogP contribution in [0, 0.1) is 23.5 Å². The number of hydrogen-bond acceptors (Lipinski definition) is 1. The average Bonchev–Trinajstić information content (AvgIpc) is 2.41. The van der Waals surface area contributed by atoms with E-state index in [1.54, 1.807) is 0 Å². The number of benzene rings is 1. The lowest BCUT2D eigenvalue weighted by Gasteiger charge is -2.27. The Bertz CT molecular complexity index is 487. The molecule has 1 aliphatic carbocycles. The molecule has 1 aliphatic rings. The third kappa shape index (κ3) is 3.22. The summed E-state index contributed by atoms with van der Waals surface area (Å²) in [5, 5.41) is 0. The molecule has 1 aromatic rings. The molecule has 1 aromatic carbocycles. The predicted molar refractivity (Wildman–Crippen MR) is 73.9 cm³/mol. The molecule has 0 spiro atoms. The quantitative estimate of drug-likeness (QED) is 0.736. The minimum absolute atomic E-state index is 0.0319. The van der Waals surface area contributed by atoms with Gasteiger partial charge in [0.15, 0.2) is 0 Å². The van der Waals surface area contributed by atoms with Crippen LogP contribution < -0.4 is 0 Å². The van der Waals surface area contributed by atoms with Crippen LogP contribution in [0.3, 0.4) is 0 Å². The summed E-state index contributed by atoms with van der Waals surface area (Å²) in [5.41, 5.74) is 0.0319. The number of halogens is 3. The summed E-state index contributed by atoms with van der Waals surface area (Å²) in [6, 6.07) is 2.60. The molecule has 0 heterocycles. The van der Waals surface area contributed by atoms with Crippen molar-refractivity contribution >= 4 is 21.7 Å². The number of hydrogen-bond donors (Lipinski definition) is 0. The van der Waals surface area contributed by atoms with Gasteiger partial charge in [-0.15, -0.1) is 0 Å². The molecule has 0 radical (unpaired) electrons. The highest BCUT2D eigenvalue weighted by Crippen LogP contribution is 2.33. The zero-order chi connectivity index (χ0) is 14.0. The molecule has 4 heteroatoms. The Morgan fingerprint density at radius 1 is 1.37 bits per heavy atom. The number of rotatable bonds is 3. The minimum Gasteiger partial charge on any atom is -0.299 e. The van der Waals surface area contributed by atoms with Gasteiger partial charge in [-0.1, -0.05) is 13.3 Å². The van der Waals surface area contributed by atoms with Crippen LogP contribution in [-0.4, -0.2) is 5.78 Å². The Morgan fingerprint density at radius 3 is 2.79 bits per heavy atom. The van der Waals surface area contributed by atoms with Crippen molar-refractivity contribution in [2.24, 2.45) is 11.8 Å². The molecule has 0 N–H and O–H groups in total. The molecule has 2 rings (SSSR count). The van der Waals surface area contributed by atoms with E-state index in [2.05, 4.69) is 22.9 Å². The highest BCUT2D eigenvalue weighted by Gasteiger charge is 2.29. The smallest absolute Gasteiger partial charge is 0.143 e. The van der Waals surface area contributed by atoms with Gasteiger partial charge in [0.25, 0.3) is 0 Å². The second kappa shape index (κ2) is 6.12. The van der Waals surface area contributed by atoms with E-state index < -0.39 is 11.6 Å². The summed E-state index contributed by atoms with van der Waals surface area (Å²) in [7, 11) is 0. The summed E-state index contributed by atoms with van der Waals surface area (Å²) >= 11 is 3.06. The molecule has 1 fully saturated rings. The van der Waals surface area contributed by atoms with E-state index >= 15 is 0 Å². The SMILES string of the molecule is CCC1CCC(=O)C(Cc2c(F)ccc(Br)c2F)C1. The molecular formula is C15H17BrF2O. The largest absolute Gasteiger partial charge is 0.299 e. The zero-order valence-electron chi connectivity index (χ0n) is 10.9. The van der Waals surface area contributed by atoms with E-state index in [0.29, 0.717) is 12.3 Å². The van der Waals surface area contributed by atoms with Crippen molar-refractivity contribution in [2.45, 2.75) is 39.0 Å². The van der Waals surface area contributed by atoms with Crippen molar-refractivity contribution in [2.75, 3.05) is 0 Å². The normalized spacial score (nSPS) is 23.7. The molecular weight excluding hydrogens is 314 g/mol. The lowest BCUT2D eigenvalue weighted by Crippen LogP contribution is -2.27. The Hall–Kier alpha value is -0.770. The summed E-state index contributed by atoms with van der Waals surface area (Å²) in [5.74, 6) is -0.736. The van der Waals surface area contributed by atoms with Gasteiger partial charge >= 0.3 is 0 Å². The van der Waals surface area contributed by atoms with Crippen LogP contribution in [-0.2, 0) is 11.2 Å². The molecule has 1 nitrogen and oxygen atoms in total. The highest BCUT2D eigenvalue weighted by atomic mass is 79.9. The van der Waals surface area contributed by atoms with Gasteiger partial charge in [-0.3, -0.25) is 4.79 Å². The minimum atomic E-state index is -0.577. The van der Waals surface area contributed by atoms with Crippen LogP contribution in [0.1, 0.15) is 38.2 Å². The van der Waals surface area contributed by atoms with Crippen molar-refractivity contribution in [3.8, 4) is 0 Å². The van der Waals surface area contributed by atoms with E-state index in [4.69, 9.17) is 0 Å². The maximum atomic E-state index is 13.9.